The van der Waals surface area contributed by atoms with Crippen molar-refractivity contribution >= 4 is 22.0 Å². The van der Waals surface area contributed by atoms with Crippen molar-refractivity contribution < 1.29 is 59.3 Å². The number of para-hydroxylation sites is 1. The zero-order valence-corrected chi connectivity index (χ0v) is 22.3. The summed E-state index contributed by atoms with van der Waals surface area (Å²) in [6, 6.07) is 10.6. The molecular formula is C24H27F6N3O7S. The van der Waals surface area contributed by atoms with Gasteiger partial charge in [0.1, 0.15) is 16.7 Å². The summed E-state index contributed by atoms with van der Waals surface area (Å²) in [5, 5.41) is 14.2. The maximum atomic E-state index is 13.6. The van der Waals surface area contributed by atoms with E-state index in [1.165, 1.54) is 0 Å². The number of rotatable bonds is 3. The van der Waals surface area contributed by atoms with Crippen molar-refractivity contribution in [1.29, 1.82) is 0 Å². The quantitative estimate of drug-likeness (QED) is 0.494. The summed E-state index contributed by atoms with van der Waals surface area (Å²) >= 11 is 0. The van der Waals surface area contributed by atoms with Crippen LogP contribution in [0, 0.1) is 0 Å². The molecule has 10 nitrogen and oxygen atoms in total. The molecular weight excluding hydrogens is 588 g/mol. The number of nitrogens with zero attached hydrogens (tertiary/aromatic N) is 3. The highest BCUT2D eigenvalue weighted by Gasteiger charge is 2.43. The Morgan fingerprint density at radius 3 is 2.05 bits per heavy atom. The molecule has 2 aromatic rings. The lowest BCUT2D eigenvalue weighted by molar-refractivity contribution is -0.193. The molecule has 4 rings (SSSR count). The lowest BCUT2D eigenvalue weighted by atomic mass is 10.1. The van der Waals surface area contributed by atoms with Gasteiger partial charge in [-0.25, -0.2) is 18.0 Å². The summed E-state index contributed by atoms with van der Waals surface area (Å²) in [7, 11) is -3.67. The first-order chi connectivity index (χ1) is 19.0. The average Bonchev–Trinajstić information content (AvgIpc) is 3.13. The van der Waals surface area contributed by atoms with Crippen molar-refractivity contribution in [2.45, 2.75) is 55.7 Å². The fourth-order valence-corrected chi connectivity index (χ4v) is 5.79. The Morgan fingerprint density at radius 1 is 0.976 bits per heavy atom. The van der Waals surface area contributed by atoms with Gasteiger partial charge in [0.25, 0.3) is 0 Å². The van der Waals surface area contributed by atoms with Crippen LogP contribution < -0.4 is 4.74 Å². The molecule has 0 aliphatic carbocycles. The maximum Gasteiger partial charge on any atom is 0.490 e. The van der Waals surface area contributed by atoms with E-state index < -0.39 is 34.3 Å². The van der Waals surface area contributed by atoms with Crippen LogP contribution in [0.2, 0.25) is 0 Å². The van der Waals surface area contributed by atoms with E-state index in [2.05, 4.69) is 16.8 Å². The van der Waals surface area contributed by atoms with Crippen LogP contribution in [0.5, 0.6) is 5.75 Å². The highest BCUT2D eigenvalue weighted by molar-refractivity contribution is 7.89. The zero-order chi connectivity index (χ0) is 31.0. The molecule has 2 aliphatic rings. The number of benzene rings is 1. The molecule has 0 bridgehead atoms. The van der Waals surface area contributed by atoms with Crippen LogP contribution >= 0.6 is 0 Å². The number of likely N-dealkylation sites (tertiary alicyclic amines) is 1. The number of pyridine rings is 1. The van der Waals surface area contributed by atoms with Gasteiger partial charge in [-0.15, -0.1) is 0 Å². The average molecular weight is 616 g/mol. The van der Waals surface area contributed by atoms with Gasteiger partial charge in [0.2, 0.25) is 10.0 Å². The molecule has 1 fully saturated rings. The number of sulfonamides is 1. The molecule has 2 N–H and O–H groups in total. The van der Waals surface area contributed by atoms with Gasteiger partial charge in [-0.2, -0.15) is 30.6 Å². The fraction of sp³-hybridized carbons (Fsp3) is 0.458. The highest BCUT2D eigenvalue weighted by Crippen LogP contribution is 2.37. The van der Waals surface area contributed by atoms with Gasteiger partial charge in [-0.05, 0) is 49.7 Å². The number of aromatic nitrogens is 1. The summed E-state index contributed by atoms with van der Waals surface area (Å²) in [6.45, 7) is 5.20. The molecule has 2 aliphatic heterocycles. The third-order valence-electron chi connectivity index (χ3n) is 5.98. The molecule has 228 valence electrons. The Hall–Kier alpha value is -3.44. The van der Waals surface area contributed by atoms with E-state index in [1.54, 1.807) is 34.9 Å². The number of ether oxygens (including phenoxy) is 1. The summed E-state index contributed by atoms with van der Waals surface area (Å²) in [5.74, 6) is -5.05. The predicted molar refractivity (Wildman–Crippen MR) is 130 cm³/mol. The molecule has 0 spiro atoms. The fourth-order valence-electron chi connectivity index (χ4n) is 4.00. The molecule has 1 aromatic carbocycles. The number of halogens is 6. The summed E-state index contributed by atoms with van der Waals surface area (Å²) < 4.78 is 98.5. The second-order valence-corrected chi connectivity index (χ2v) is 10.6. The van der Waals surface area contributed by atoms with Crippen LogP contribution in [0.1, 0.15) is 25.3 Å². The van der Waals surface area contributed by atoms with E-state index >= 15 is 0 Å². The SMILES string of the molecule is CCN1CC[C@@H]2Oc3ccccc3S(=O)(=O)N(Cc3cccnc3)[C@H]2CC1.O=C(O)C(F)(F)F.O=C(O)C(F)(F)F. The van der Waals surface area contributed by atoms with Gasteiger partial charge in [0, 0.05) is 25.5 Å². The smallest absolute Gasteiger partial charge is 0.487 e. The molecule has 41 heavy (non-hydrogen) atoms. The molecule has 3 heterocycles. The lowest BCUT2D eigenvalue weighted by Crippen LogP contribution is -2.46. The van der Waals surface area contributed by atoms with Crippen LogP contribution in [0.25, 0.3) is 0 Å². The van der Waals surface area contributed by atoms with E-state index in [0.717, 1.165) is 38.0 Å². The Kier molecular flexibility index (Phi) is 11.5. The number of carbonyl (C=O) groups is 2. The van der Waals surface area contributed by atoms with Crippen molar-refractivity contribution in [2.75, 3.05) is 19.6 Å². The largest absolute Gasteiger partial charge is 0.490 e. The lowest BCUT2D eigenvalue weighted by Gasteiger charge is -2.31. The molecule has 2 atom stereocenters. The number of fused-ring (bicyclic) bond motifs is 2. The van der Waals surface area contributed by atoms with E-state index in [4.69, 9.17) is 24.5 Å². The van der Waals surface area contributed by atoms with E-state index in [-0.39, 0.29) is 17.0 Å². The molecule has 1 saturated heterocycles. The van der Waals surface area contributed by atoms with E-state index in [1.807, 2.05) is 18.2 Å². The van der Waals surface area contributed by atoms with Gasteiger partial charge in [-0.3, -0.25) is 4.98 Å². The van der Waals surface area contributed by atoms with Crippen LogP contribution in [-0.4, -0.2) is 88.9 Å². The van der Waals surface area contributed by atoms with Gasteiger partial charge >= 0.3 is 24.3 Å². The molecule has 0 amide bonds. The van der Waals surface area contributed by atoms with Crippen molar-refractivity contribution in [3.63, 3.8) is 0 Å². The first-order valence-corrected chi connectivity index (χ1v) is 13.4. The third-order valence-corrected chi connectivity index (χ3v) is 7.89. The minimum Gasteiger partial charge on any atom is -0.487 e. The number of carboxylic acids is 2. The first kappa shape index (κ1) is 33.8. The van der Waals surface area contributed by atoms with Crippen molar-refractivity contribution in [2.24, 2.45) is 0 Å². The monoisotopic (exact) mass is 615 g/mol. The van der Waals surface area contributed by atoms with Crippen molar-refractivity contribution in [3.05, 3.63) is 54.4 Å². The molecule has 0 radical (unpaired) electrons. The van der Waals surface area contributed by atoms with Crippen molar-refractivity contribution in [3.8, 4) is 5.75 Å². The summed E-state index contributed by atoms with van der Waals surface area (Å²) in [4.78, 5) is 24.6. The topological polar surface area (TPSA) is 137 Å². The number of carboxylic acid groups (broad SMARTS) is 2. The number of alkyl halides is 6. The van der Waals surface area contributed by atoms with Crippen LogP contribution in [0.4, 0.5) is 26.3 Å². The molecule has 17 heteroatoms. The minimum atomic E-state index is -5.08. The van der Waals surface area contributed by atoms with Gasteiger partial charge in [0.15, 0.2) is 0 Å². The zero-order valence-electron chi connectivity index (χ0n) is 21.5. The Balaban J connectivity index is 0.000000349. The number of hydrogen-bond donors (Lipinski definition) is 2. The standard InChI is InChI=1S/C20H25N3O3S.2C2HF3O2/c1-2-22-12-9-17-18(10-13-22)26-19-7-3-4-8-20(19)27(24,25)23(17)15-16-6-5-11-21-14-16;2*3-2(4,5)1(6)7/h3-8,11,14,17-18H,2,9-10,12-13,15H2,1H3;2*(H,6,7)/t17-,18-;;/m0../s1. The molecule has 0 saturated carbocycles. The molecule has 1 aromatic heterocycles. The first-order valence-electron chi connectivity index (χ1n) is 12.0. The van der Waals surface area contributed by atoms with Crippen LogP contribution in [0.15, 0.2) is 53.7 Å². The Bertz CT molecular complexity index is 1250. The minimum absolute atomic E-state index is 0.156. The van der Waals surface area contributed by atoms with Crippen LogP contribution in [-0.2, 0) is 26.2 Å². The van der Waals surface area contributed by atoms with Crippen molar-refractivity contribution in [1.82, 2.24) is 14.2 Å². The second kappa shape index (κ2) is 14.0. The third kappa shape index (κ3) is 9.57. The second-order valence-electron chi connectivity index (χ2n) is 8.70. The highest BCUT2D eigenvalue weighted by atomic mass is 32.2. The van der Waals surface area contributed by atoms with Crippen LogP contribution in [0.3, 0.4) is 0 Å². The van der Waals surface area contributed by atoms with E-state index in [9.17, 15) is 34.8 Å². The van der Waals surface area contributed by atoms with Gasteiger partial charge in [-0.1, -0.05) is 25.1 Å². The number of aliphatic carboxylic acids is 2. The maximum absolute atomic E-state index is 13.6. The summed E-state index contributed by atoms with van der Waals surface area (Å²) in [5.41, 5.74) is 0.885. The van der Waals surface area contributed by atoms with Gasteiger partial charge < -0.3 is 19.8 Å². The molecule has 0 unspecified atom stereocenters. The normalized spacial score (nSPS) is 20.7. The Morgan fingerprint density at radius 2 is 1.54 bits per heavy atom. The Labute approximate surface area is 231 Å². The number of hydrogen-bond acceptors (Lipinski definition) is 7. The summed E-state index contributed by atoms with van der Waals surface area (Å²) in [6.07, 6.45) is -5.32. The van der Waals surface area contributed by atoms with E-state index in [0.29, 0.717) is 12.3 Å². The van der Waals surface area contributed by atoms with Gasteiger partial charge in [0.05, 0.1) is 6.04 Å². The predicted octanol–water partition coefficient (Wildman–Crippen LogP) is 3.78.